The Hall–Kier alpha value is -0.590. The lowest BCUT2D eigenvalue weighted by atomic mass is 9.42. The van der Waals surface area contributed by atoms with Crippen LogP contribution in [0.25, 0.3) is 0 Å². The molecule has 1 N–H and O–H groups in total. The smallest absolute Gasteiger partial charge is 0.0685 e. The Morgan fingerprint density at radius 2 is 1.76 bits per heavy atom. The first-order chi connectivity index (χ1) is 13.8. The Balaban J connectivity index is 1.58. The molecule has 0 spiro atoms. The average molecular weight is 402 g/mol. The fourth-order valence-electron chi connectivity index (χ4n) is 8.88. The highest BCUT2D eigenvalue weighted by Gasteiger charge is 2.62. The van der Waals surface area contributed by atoms with Crippen LogP contribution in [0.4, 0.5) is 0 Å². The molecule has 4 rings (SSSR count). The molecule has 0 bridgehead atoms. The second-order valence-corrected chi connectivity index (χ2v) is 11.8. The Morgan fingerprint density at radius 3 is 2.45 bits per heavy atom. The lowest BCUT2D eigenvalue weighted by molar-refractivity contribution is -0.145. The van der Waals surface area contributed by atoms with Crippen LogP contribution in [0, 0.1) is 57.7 Å². The lowest BCUT2D eigenvalue weighted by Gasteiger charge is -2.62. The summed E-state index contributed by atoms with van der Waals surface area (Å²) in [5, 5.41) is 19.5. The Morgan fingerprint density at radius 1 is 1.00 bits per heavy atom. The van der Waals surface area contributed by atoms with Crippen LogP contribution >= 0.6 is 0 Å². The van der Waals surface area contributed by atoms with Crippen molar-refractivity contribution in [2.24, 2.45) is 46.3 Å². The summed E-state index contributed by atoms with van der Waals surface area (Å²) in [6, 6.07) is 2.80. The van der Waals surface area contributed by atoms with Crippen molar-refractivity contribution in [1.82, 2.24) is 0 Å². The van der Waals surface area contributed by atoms with E-state index < -0.39 is 0 Å². The number of rotatable bonds is 5. The molecular formula is C26H43NO2. The van der Waals surface area contributed by atoms with E-state index in [9.17, 15) is 10.4 Å². The van der Waals surface area contributed by atoms with Gasteiger partial charge in [-0.1, -0.05) is 13.8 Å². The number of hydrogen-bond donors (Lipinski definition) is 1. The van der Waals surface area contributed by atoms with Crippen LogP contribution in [0.1, 0.15) is 91.9 Å². The van der Waals surface area contributed by atoms with Crippen LogP contribution in [-0.4, -0.2) is 23.9 Å². The zero-order chi connectivity index (χ0) is 20.9. The SMILES string of the molecule is CCOC1(C)CCC2C3CC(C#N)C4CC(C)(CCCO)CCC4(C)C3CCC21. The van der Waals surface area contributed by atoms with Gasteiger partial charge in [-0.05, 0) is 118 Å². The van der Waals surface area contributed by atoms with Gasteiger partial charge in [0, 0.05) is 19.1 Å². The summed E-state index contributed by atoms with van der Waals surface area (Å²) in [6.07, 6.45) is 12.0. The third-order valence-corrected chi connectivity index (χ3v) is 10.4. The van der Waals surface area contributed by atoms with E-state index in [1.54, 1.807) is 0 Å². The minimum Gasteiger partial charge on any atom is -0.396 e. The van der Waals surface area contributed by atoms with E-state index >= 15 is 0 Å². The molecule has 0 heterocycles. The van der Waals surface area contributed by atoms with Crippen molar-refractivity contribution in [2.45, 2.75) is 97.5 Å². The van der Waals surface area contributed by atoms with Gasteiger partial charge in [-0.25, -0.2) is 0 Å². The molecule has 0 amide bonds. The van der Waals surface area contributed by atoms with E-state index in [2.05, 4.69) is 33.8 Å². The van der Waals surface area contributed by atoms with Crippen molar-refractivity contribution in [1.29, 1.82) is 5.26 Å². The predicted octanol–water partition coefficient (Wildman–Crippen LogP) is 5.96. The van der Waals surface area contributed by atoms with Crippen molar-refractivity contribution < 1.29 is 9.84 Å². The van der Waals surface area contributed by atoms with Gasteiger partial charge >= 0.3 is 0 Å². The van der Waals surface area contributed by atoms with Crippen molar-refractivity contribution >= 4 is 0 Å². The van der Waals surface area contributed by atoms with Gasteiger partial charge in [0.05, 0.1) is 11.7 Å². The molecule has 0 saturated heterocycles. The second-order valence-electron chi connectivity index (χ2n) is 11.8. The second kappa shape index (κ2) is 7.83. The summed E-state index contributed by atoms with van der Waals surface area (Å²) in [4.78, 5) is 0. The number of hydrogen-bond acceptors (Lipinski definition) is 3. The molecule has 3 heteroatoms. The molecule has 0 aromatic heterocycles. The van der Waals surface area contributed by atoms with Crippen molar-refractivity contribution in [3.8, 4) is 6.07 Å². The molecule has 0 aliphatic heterocycles. The topological polar surface area (TPSA) is 53.2 Å². The molecule has 0 aromatic carbocycles. The zero-order valence-corrected chi connectivity index (χ0v) is 19.3. The van der Waals surface area contributed by atoms with Gasteiger partial charge in [0.25, 0.3) is 0 Å². The van der Waals surface area contributed by atoms with Gasteiger partial charge in [0.15, 0.2) is 0 Å². The molecule has 0 aromatic rings. The van der Waals surface area contributed by atoms with E-state index in [1.165, 1.54) is 44.9 Å². The average Bonchev–Trinajstić information content (AvgIpc) is 3.04. The van der Waals surface area contributed by atoms with Crippen LogP contribution in [0.15, 0.2) is 0 Å². The number of nitriles is 1. The summed E-state index contributed by atoms with van der Waals surface area (Å²) < 4.78 is 6.30. The maximum absolute atomic E-state index is 10.2. The molecule has 4 fully saturated rings. The third kappa shape index (κ3) is 3.47. The van der Waals surface area contributed by atoms with Gasteiger partial charge < -0.3 is 9.84 Å². The normalized spacial score (nSPS) is 51.6. The first-order valence-corrected chi connectivity index (χ1v) is 12.4. The molecule has 29 heavy (non-hydrogen) atoms. The van der Waals surface area contributed by atoms with Crippen LogP contribution in [0.5, 0.6) is 0 Å². The summed E-state index contributed by atoms with van der Waals surface area (Å²) in [5.74, 6) is 3.74. The Labute approximate surface area is 178 Å². The highest BCUT2D eigenvalue weighted by Crippen LogP contribution is 2.67. The summed E-state index contributed by atoms with van der Waals surface area (Å²) in [5.41, 5.74) is 0.713. The molecular weight excluding hydrogens is 358 g/mol. The minimum atomic E-state index is 0.0692. The van der Waals surface area contributed by atoms with Gasteiger partial charge in [-0.2, -0.15) is 5.26 Å². The Bertz CT molecular complexity index is 643. The number of nitrogens with zero attached hydrogens (tertiary/aromatic N) is 1. The van der Waals surface area contributed by atoms with Crippen LogP contribution in [0.2, 0.25) is 0 Å². The molecule has 164 valence electrons. The fraction of sp³-hybridized carbons (Fsp3) is 0.962. The number of aliphatic hydroxyl groups excluding tert-OH is 1. The quantitative estimate of drug-likeness (QED) is 0.618. The standard InChI is InChI=1S/C26H43NO2/c1-5-29-26(4)11-9-19-20-15-18(17-27)23-16-24(2,10-6-14-28)12-13-25(23,3)21(20)7-8-22(19)26/h18-23,28H,5-16H2,1-4H3. The van der Waals surface area contributed by atoms with E-state index in [-0.39, 0.29) is 11.5 Å². The van der Waals surface area contributed by atoms with Crippen molar-refractivity contribution in [2.75, 3.05) is 13.2 Å². The van der Waals surface area contributed by atoms with Gasteiger partial charge in [0.1, 0.15) is 0 Å². The van der Waals surface area contributed by atoms with E-state index in [0.717, 1.165) is 43.6 Å². The number of fused-ring (bicyclic) bond motifs is 5. The molecule has 3 nitrogen and oxygen atoms in total. The van der Waals surface area contributed by atoms with E-state index in [4.69, 9.17) is 4.74 Å². The molecule has 0 radical (unpaired) electrons. The zero-order valence-electron chi connectivity index (χ0n) is 19.3. The predicted molar refractivity (Wildman–Crippen MR) is 116 cm³/mol. The minimum absolute atomic E-state index is 0.0692. The maximum Gasteiger partial charge on any atom is 0.0685 e. The van der Waals surface area contributed by atoms with Crippen molar-refractivity contribution in [3.63, 3.8) is 0 Å². The van der Waals surface area contributed by atoms with Crippen LogP contribution < -0.4 is 0 Å². The summed E-state index contributed by atoms with van der Waals surface area (Å²) in [6.45, 7) is 10.6. The first kappa shape index (κ1) is 21.6. The summed E-state index contributed by atoms with van der Waals surface area (Å²) >= 11 is 0. The van der Waals surface area contributed by atoms with Gasteiger partial charge in [-0.15, -0.1) is 0 Å². The largest absolute Gasteiger partial charge is 0.396 e. The number of ether oxygens (including phenoxy) is 1. The molecule has 4 aliphatic rings. The number of aliphatic hydroxyl groups is 1. The highest BCUT2D eigenvalue weighted by molar-refractivity contribution is 5.13. The van der Waals surface area contributed by atoms with Gasteiger partial charge in [-0.3, -0.25) is 0 Å². The highest BCUT2D eigenvalue weighted by atomic mass is 16.5. The maximum atomic E-state index is 10.2. The monoisotopic (exact) mass is 401 g/mol. The third-order valence-electron chi connectivity index (χ3n) is 10.4. The first-order valence-electron chi connectivity index (χ1n) is 12.4. The summed E-state index contributed by atoms with van der Waals surface area (Å²) in [7, 11) is 0. The van der Waals surface area contributed by atoms with Gasteiger partial charge in [0.2, 0.25) is 0 Å². The molecule has 9 atom stereocenters. The Kier molecular flexibility index (Phi) is 5.84. The fourth-order valence-corrected chi connectivity index (χ4v) is 8.88. The van der Waals surface area contributed by atoms with E-state index in [1.807, 2.05) is 0 Å². The molecule has 4 saturated carbocycles. The lowest BCUT2D eigenvalue weighted by Crippen LogP contribution is -2.56. The molecule has 9 unspecified atom stereocenters. The van der Waals surface area contributed by atoms with Crippen LogP contribution in [0.3, 0.4) is 0 Å². The van der Waals surface area contributed by atoms with E-state index in [0.29, 0.717) is 29.3 Å². The molecule has 4 aliphatic carbocycles. The van der Waals surface area contributed by atoms with Crippen LogP contribution in [-0.2, 0) is 4.74 Å². The van der Waals surface area contributed by atoms with Crippen molar-refractivity contribution in [3.05, 3.63) is 0 Å².